The van der Waals surface area contributed by atoms with Crippen LogP contribution in [0.1, 0.15) is 38.2 Å². The summed E-state index contributed by atoms with van der Waals surface area (Å²) in [6.45, 7) is 2.50. The molecule has 1 aliphatic rings. The fraction of sp³-hybridized carbons (Fsp3) is 0.600. The van der Waals surface area contributed by atoms with Gasteiger partial charge in [-0.05, 0) is 36.8 Å². The molecule has 0 heterocycles. The first-order chi connectivity index (χ1) is 9.94. The van der Waals surface area contributed by atoms with E-state index in [0.717, 1.165) is 31.6 Å². The van der Waals surface area contributed by atoms with Crippen molar-refractivity contribution in [2.24, 2.45) is 17.6 Å². The molecule has 0 radical (unpaired) electrons. The highest BCUT2D eigenvalue weighted by Crippen LogP contribution is 2.28. The van der Waals surface area contributed by atoms with Gasteiger partial charge in [0.25, 0.3) is 0 Å². The number of nitrogens with one attached hydrogen (secondary N) is 1. The van der Waals surface area contributed by atoms with E-state index < -0.39 is 15.8 Å². The van der Waals surface area contributed by atoms with Gasteiger partial charge in [0.1, 0.15) is 5.82 Å². The summed E-state index contributed by atoms with van der Waals surface area (Å²) in [4.78, 5) is -0.0471. The van der Waals surface area contributed by atoms with Crippen LogP contribution in [0.2, 0.25) is 0 Å². The molecular weight excluding hydrogens is 291 g/mol. The summed E-state index contributed by atoms with van der Waals surface area (Å²) >= 11 is 0. The van der Waals surface area contributed by atoms with Crippen LogP contribution < -0.4 is 10.5 Å². The standard InChI is InChI=1S/C15H23FN2O2S/c1-11-5-7-12(8-6-11)10-18-21(19,20)15-4-2-3-14(16)13(15)9-17/h2-4,11-12,18H,5-10,17H2,1H3. The van der Waals surface area contributed by atoms with Crippen LogP contribution >= 0.6 is 0 Å². The zero-order valence-electron chi connectivity index (χ0n) is 12.3. The Kier molecular flexibility index (Phi) is 5.35. The molecular formula is C15H23FN2O2S. The summed E-state index contributed by atoms with van der Waals surface area (Å²) in [5, 5.41) is 0. The second kappa shape index (κ2) is 6.85. The molecule has 118 valence electrons. The molecule has 6 heteroatoms. The van der Waals surface area contributed by atoms with Crippen LogP contribution in [0.5, 0.6) is 0 Å². The largest absolute Gasteiger partial charge is 0.326 e. The lowest BCUT2D eigenvalue weighted by Gasteiger charge is -2.26. The number of sulfonamides is 1. The van der Waals surface area contributed by atoms with Crippen molar-refractivity contribution in [1.82, 2.24) is 4.72 Å². The van der Waals surface area contributed by atoms with Crippen LogP contribution in [0.15, 0.2) is 23.1 Å². The second-order valence-corrected chi connectivity index (χ2v) is 7.63. The summed E-state index contributed by atoms with van der Waals surface area (Å²) < 4.78 is 40.9. The van der Waals surface area contributed by atoms with Gasteiger partial charge in [0.2, 0.25) is 10.0 Å². The highest BCUT2D eigenvalue weighted by Gasteiger charge is 2.23. The maximum absolute atomic E-state index is 13.6. The molecule has 2 rings (SSSR count). The minimum absolute atomic E-state index is 0.0438. The molecule has 4 nitrogen and oxygen atoms in total. The zero-order chi connectivity index (χ0) is 15.5. The number of hydrogen-bond acceptors (Lipinski definition) is 3. The van der Waals surface area contributed by atoms with Gasteiger partial charge in [0.05, 0.1) is 4.90 Å². The molecule has 1 aromatic carbocycles. The van der Waals surface area contributed by atoms with Crippen molar-refractivity contribution in [3.05, 3.63) is 29.6 Å². The summed E-state index contributed by atoms with van der Waals surface area (Å²) in [7, 11) is -3.71. The maximum Gasteiger partial charge on any atom is 0.241 e. The van der Waals surface area contributed by atoms with E-state index in [9.17, 15) is 12.8 Å². The van der Waals surface area contributed by atoms with Gasteiger partial charge in [0, 0.05) is 18.7 Å². The molecule has 0 bridgehead atoms. The minimum Gasteiger partial charge on any atom is -0.326 e. The van der Waals surface area contributed by atoms with Crippen molar-refractivity contribution in [2.45, 2.75) is 44.0 Å². The topological polar surface area (TPSA) is 72.2 Å². The van der Waals surface area contributed by atoms with E-state index in [1.807, 2.05) is 0 Å². The predicted octanol–water partition coefficient (Wildman–Crippen LogP) is 2.39. The monoisotopic (exact) mass is 314 g/mol. The first-order valence-corrected chi connectivity index (χ1v) is 8.89. The van der Waals surface area contributed by atoms with Gasteiger partial charge >= 0.3 is 0 Å². The Balaban J connectivity index is 2.07. The van der Waals surface area contributed by atoms with E-state index in [1.165, 1.54) is 18.2 Å². The number of benzene rings is 1. The highest BCUT2D eigenvalue weighted by atomic mass is 32.2. The van der Waals surface area contributed by atoms with E-state index in [1.54, 1.807) is 0 Å². The lowest BCUT2D eigenvalue weighted by atomic mass is 9.83. The Labute approximate surface area is 126 Å². The quantitative estimate of drug-likeness (QED) is 0.876. The first kappa shape index (κ1) is 16.4. The van der Waals surface area contributed by atoms with Crippen LogP contribution in [0, 0.1) is 17.7 Å². The van der Waals surface area contributed by atoms with Crippen LogP contribution in [-0.4, -0.2) is 15.0 Å². The number of rotatable bonds is 5. The van der Waals surface area contributed by atoms with E-state index in [0.29, 0.717) is 12.5 Å². The summed E-state index contributed by atoms with van der Waals surface area (Å²) in [5.74, 6) is 0.516. The third-order valence-corrected chi connectivity index (χ3v) is 5.78. The van der Waals surface area contributed by atoms with Crippen LogP contribution in [-0.2, 0) is 16.6 Å². The summed E-state index contributed by atoms with van der Waals surface area (Å²) in [5.41, 5.74) is 5.51. The average Bonchev–Trinajstić information content (AvgIpc) is 2.46. The minimum atomic E-state index is -3.71. The molecule has 1 aliphatic carbocycles. The van der Waals surface area contributed by atoms with Crippen molar-refractivity contribution in [2.75, 3.05) is 6.54 Å². The Morgan fingerprint density at radius 1 is 1.29 bits per heavy atom. The lowest BCUT2D eigenvalue weighted by molar-refractivity contribution is 0.290. The molecule has 0 atom stereocenters. The van der Waals surface area contributed by atoms with Gasteiger partial charge in [-0.2, -0.15) is 0 Å². The van der Waals surface area contributed by atoms with Crippen molar-refractivity contribution in [3.63, 3.8) is 0 Å². The third kappa shape index (κ3) is 4.02. The van der Waals surface area contributed by atoms with Crippen molar-refractivity contribution in [1.29, 1.82) is 0 Å². The molecule has 0 spiro atoms. The summed E-state index contributed by atoms with van der Waals surface area (Å²) in [6, 6.07) is 4.02. The molecule has 1 fully saturated rings. The summed E-state index contributed by atoms with van der Waals surface area (Å²) in [6.07, 6.45) is 4.36. The van der Waals surface area contributed by atoms with Crippen LogP contribution in [0.3, 0.4) is 0 Å². The molecule has 0 saturated heterocycles. The Bertz CT molecular complexity index is 581. The van der Waals surface area contributed by atoms with Gasteiger partial charge in [-0.25, -0.2) is 17.5 Å². The lowest BCUT2D eigenvalue weighted by Crippen LogP contribution is -2.32. The maximum atomic E-state index is 13.6. The molecule has 1 saturated carbocycles. The zero-order valence-corrected chi connectivity index (χ0v) is 13.1. The Hall–Kier alpha value is -0.980. The van der Waals surface area contributed by atoms with Crippen molar-refractivity contribution >= 4 is 10.0 Å². The SMILES string of the molecule is CC1CCC(CNS(=O)(=O)c2cccc(F)c2CN)CC1. The van der Waals surface area contributed by atoms with E-state index in [2.05, 4.69) is 11.6 Å². The van der Waals surface area contributed by atoms with Gasteiger partial charge < -0.3 is 5.73 Å². The van der Waals surface area contributed by atoms with E-state index in [4.69, 9.17) is 5.73 Å². The first-order valence-electron chi connectivity index (χ1n) is 7.41. The van der Waals surface area contributed by atoms with Crippen molar-refractivity contribution < 1.29 is 12.8 Å². The molecule has 0 amide bonds. The van der Waals surface area contributed by atoms with Gasteiger partial charge in [-0.3, -0.25) is 0 Å². The second-order valence-electron chi connectivity index (χ2n) is 5.90. The fourth-order valence-electron chi connectivity index (χ4n) is 2.83. The van der Waals surface area contributed by atoms with Crippen molar-refractivity contribution in [3.8, 4) is 0 Å². The number of nitrogens with two attached hydrogens (primary N) is 1. The van der Waals surface area contributed by atoms with E-state index in [-0.39, 0.29) is 17.0 Å². The number of halogens is 1. The average molecular weight is 314 g/mol. The normalized spacial score (nSPS) is 23.2. The Morgan fingerprint density at radius 2 is 1.95 bits per heavy atom. The smallest absolute Gasteiger partial charge is 0.241 e. The molecule has 0 aliphatic heterocycles. The molecule has 0 unspecified atom stereocenters. The molecule has 3 N–H and O–H groups in total. The molecule has 1 aromatic rings. The molecule has 0 aromatic heterocycles. The van der Waals surface area contributed by atoms with Crippen LogP contribution in [0.4, 0.5) is 4.39 Å². The van der Waals surface area contributed by atoms with E-state index >= 15 is 0 Å². The van der Waals surface area contributed by atoms with Crippen LogP contribution in [0.25, 0.3) is 0 Å². The fourth-order valence-corrected chi connectivity index (χ4v) is 4.20. The molecule has 21 heavy (non-hydrogen) atoms. The van der Waals surface area contributed by atoms with Gasteiger partial charge in [-0.1, -0.05) is 25.8 Å². The highest BCUT2D eigenvalue weighted by molar-refractivity contribution is 7.89. The van der Waals surface area contributed by atoms with Gasteiger partial charge in [0.15, 0.2) is 0 Å². The predicted molar refractivity (Wildman–Crippen MR) is 80.6 cm³/mol. The van der Waals surface area contributed by atoms with Gasteiger partial charge in [-0.15, -0.1) is 0 Å². The Morgan fingerprint density at radius 3 is 2.57 bits per heavy atom. The number of hydrogen-bond donors (Lipinski definition) is 2. The third-order valence-electron chi connectivity index (χ3n) is 4.27.